The number of anilines is 2. The number of rotatable bonds is 3. The second kappa shape index (κ2) is 9.01. The number of benzene rings is 3. The minimum absolute atomic E-state index is 0.00465. The van der Waals surface area contributed by atoms with Gasteiger partial charge in [0.25, 0.3) is 0 Å². The molecule has 0 saturated carbocycles. The van der Waals surface area contributed by atoms with E-state index in [2.05, 4.69) is 157 Å². The minimum Gasteiger partial charge on any atom is -0.378 e. The van der Waals surface area contributed by atoms with Crippen molar-refractivity contribution < 1.29 is 0 Å². The van der Waals surface area contributed by atoms with Gasteiger partial charge in [-0.2, -0.15) is 0 Å². The van der Waals surface area contributed by atoms with Crippen LogP contribution in [0.3, 0.4) is 0 Å². The summed E-state index contributed by atoms with van der Waals surface area (Å²) in [6.07, 6.45) is 4.77. The molecule has 0 radical (unpaired) electrons. The molecule has 196 valence electrons. The number of allylic oxidation sites excluding steroid dienone is 2. The normalized spacial score (nSPS) is 18.3. The van der Waals surface area contributed by atoms with Crippen LogP contribution in [0.25, 0.3) is 16.7 Å². The highest BCUT2D eigenvalue weighted by atomic mass is 15.2. The molecule has 2 aliphatic rings. The minimum atomic E-state index is -0.00465. The molecule has 0 unspecified atom stereocenters. The predicted octanol–water partition coefficient (Wildman–Crippen LogP) is 5.95. The van der Waals surface area contributed by atoms with Crippen LogP contribution in [0, 0.1) is 0 Å². The molecule has 0 atom stereocenters. The van der Waals surface area contributed by atoms with E-state index >= 15 is 0 Å². The summed E-state index contributed by atoms with van der Waals surface area (Å²) in [5.74, 6) is 0. The topological polar surface area (TPSA) is 9.49 Å². The Morgan fingerprint density at radius 3 is 2.05 bits per heavy atom. The molecule has 0 aliphatic carbocycles. The number of likely N-dealkylation sites (N-methyl/N-ethyl adjacent to an activating group) is 2. The molecule has 0 fully saturated rings. The van der Waals surface area contributed by atoms with Crippen molar-refractivity contribution >= 4 is 28.1 Å². The molecule has 0 bridgehead atoms. The van der Waals surface area contributed by atoms with Gasteiger partial charge in [0, 0.05) is 63.6 Å². The summed E-state index contributed by atoms with van der Waals surface area (Å²) >= 11 is 0. The van der Waals surface area contributed by atoms with E-state index in [4.69, 9.17) is 0 Å². The van der Waals surface area contributed by atoms with Crippen molar-refractivity contribution in [1.29, 1.82) is 0 Å². The van der Waals surface area contributed by atoms with Gasteiger partial charge in [-0.25, -0.2) is 4.58 Å². The molecular weight excluding hydrogens is 462 g/mol. The molecule has 0 amide bonds. The standard InChI is InChI=1S/C35H42N3/c1-23-21-34(3,4)37(9)31-17-13-26(19-29(23)31)33(25-11-15-28(16-12-25)36(7)8)27-14-18-32-30(20-27)24(2)22-35(5,6)38(32)10/h11-22H,1-10H3/q+1. The molecule has 3 aromatic carbocycles. The summed E-state index contributed by atoms with van der Waals surface area (Å²) in [7, 11) is 8.57. The lowest BCUT2D eigenvalue weighted by molar-refractivity contribution is 0.439. The van der Waals surface area contributed by atoms with Gasteiger partial charge in [-0.15, -0.1) is 0 Å². The Labute approximate surface area is 228 Å². The highest BCUT2D eigenvalue weighted by Gasteiger charge is 2.31. The zero-order valence-electron chi connectivity index (χ0n) is 24.8. The molecule has 0 aromatic heterocycles. The first-order chi connectivity index (χ1) is 17.8. The van der Waals surface area contributed by atoms with Gasteiger partial charge in [-0.05, 0) is 103 Å². The molecule has 38 heavy (non-hydrogen) atoms. The van der Waals surface area contributed by atoms with Crippen molar-refractivity contribution in [3.63, 3.8) is 0 Å². The van der Waals surface area contributed by atoms with Gasteiger partial charge in [-0.1, -0.05) is 24.3 Å². The van der Waals surface area contributed by atoms with Crippen LogP contribution in [0.15, 0.2) is 72.8 Å². The third kappa shape index (κ3) is 4.28. The average Bonchev–Trinajstić information content (AvgIpc) is 2.86. The summed E-state index contributed by atoms with van der Waals surface area (Å²) in [6.45, 7) is 13.6. The van der Waals surface area contributed by atoms with Crippen molar-refractivity contribution in [3.05, 3.63) is 106 Å². The van der Waals surface area contributed by atoms with Crippen LogP contribution < -0.4 is 25.0 Å². The van der Waals surface area contributed by atoms with E-state index in [9.17, 15) is 0 Å². The van der Waals surface area contributed by atoms with E-state index in [0.717, 1.165) is 0 Å². The number of hydrogen-bond donors (Lipinski definition) is 0. The molecule has 0 spiro atoms. The molecular formula is C35H42N3+. The summed E-state index contributed by atoms with van der Waals surface area (Å²) in [4.78, 5) is 4.54. The van der Waals surface area contributed by atoms with E-state index in [0.29, 0.717) is 0 Å². The fraction of sp³-hybridized carbons (Fsp3) is 0.343. The Hall–Kier alpha value is -3.59. The van der Waals surface area contributed by atoms with Crippen molar-refractivity contribution in [3.8, 4) is 0 Å². The quantitative estimate of drug-likeness (QED) is 0.408. The van der Waals surface area contributed by atoms with Crippen LogP contribution in [-0.4, -0.2) is 39.3 Å². The van der Waals surface area contributed by atoms with Gasteiger partial charge in [0.2, 0.25) is 5.36 Å². The first-order valence-electron chi connectivity index (χ1n) is 13.6. The van der Waals surface area contributed by atoms with Crippen LogP contribution in [0.5, 0.6) is 0 Å². The van der Waals surface area contributed by atoms with E-state index in [1.165, 1.54) is 60.9 Å². The summed E-state index contributed by atoms with van der Waals surface area (Å²) in [5.41, 5.74) is 11.5. The number of fused-ring (bicyclic) bond motifs is 2. The summed E-state index contributed by atoms with van der Waals surface area (Å²) in [6, 6.07) is 22.9. The van der Waals surface area contributed by atoms with Gasteiger partial charge in [0.15, 0.2) is 5.54 Å². The molecule has 2 heterocycles. The lowest BCUT2D eigenvalue weighted by atomic mass is 9.86. The Bertz CT molecular complexity index is 1610. The van der Waals surface area contributed by atoms with Gasteiger partial charge in [-0.3, -0.25) is 0 Å². The van der Waals surface area contributed by atoms with Gasteiger partial charge in [0.1, 0.15) is 7.05 Å². The smallest absolute Gasteiger partial charge is 0.207 e. The fourth-order valence-electron chi connectivity index (χ4n) is 6.06. The van der Waals surface area contributed by atoms with Gasteiger partial charge < -0.3 is 9.80 Å². The molecule has 0 N–H and O–H groups in total. The zero-order chi connectivity index (χ0) is 27.6. The van der Waals surface area contributed by atoms with Crippen LogP contribution >= 0.6 is 0 Å². The second-order valence-corrected chi connectivity index (χ2v) is 12.4. The van der Waals surface area contributed by atoms with Gasteiger partial charge in [0.05, 0.1) is 5.54 Å². The Kier molecular flexibility index (Phi) is 6.17. The summed E-state index contributed by atoms with van der Waals surface area (Å²) in [5, 5.41) is 2.53. The number of nitrogens with zero attached hydrogens (tertiary/aromatic N) is 3. The first-order valence-corrected chi connectivity index (χ1v) is 13.6. The molecule has 3 heteroatoms. The number of hydrogen-bond acceptors (Lipinski definition) is 2. The maximum Gasteiger partial charge on any atom is 0.207 e. The maximum atomic E-state index is 2.39. The van der Waals surface area contributed by atoms with Gasteiger partial charge >= 0.3 is 0 Å². The molecule has 3 nitrogen and oxygen atoms in total. The largest absolute Gasteiger partial charge is 0.378 e. The van der Waals surface area contributed by atoms with Crippen LogP contribution in [0.4, 0.5) is 11.4 Å². The van der Waals surface area contributed by atoms with E-state index in [1.807, 2.05) is 0 Å². The Morgan fingerprint density at radius 1 is 0.763 bits per heavy atom. The predicted molar refractivity (Wildman–Crippen MR) is 166 cm³/mol. The van der Waals surface area contributed by atoms with E-state index in [-0.39, 0.29) is 11.1 Å². The third-order valence-electron chi connectivity index (χ3n) is 8.68. The SMILES string of the molecule is CC1=CC(C)(C)N(C)c2ccc(C(c3ccc(N(C)C)cc3)=c3ccc4c(c3)C(C)=CC(C)(C)[N+]=4C)cc21. The Balaban J connectivity index is 1.80. The van der Waals surface area contributed by atoms with Crippen LogP contribution in [0.1, 0.15) is 63.8 Å². The molecule has 0 saturated heterocycles. The van der Waals surface area contributed by atoms with Crippen LogP contribution in [0.2, 0.25) is 0 Å². The molecule has 5 rings (SSSR count). The summed E-state index contributed by atoms with van der Waals surface area (Å²) < 4.78 is 2.38. The van der Waals surface area contributed by atoms with Crippen molar-refractivity contribution in [2.45, 2.75) is 52.6 Å². The second-order valence-electron chi connectivity index (χ2n) is 12.4. The Morgan fingerprint density at radius 2 is 1.39 bits per heavy atom. The molecule has 2 aliphatic heterocycles. The maximum absolute atomic E-state index is 2.39. The van der Waals surface area contributed by atoms with E-state index in [1.54, 1.807) is 0 Å². The lowest BCUT2D eigenvalue weighted by Gasteiger charge is -2.40. The van der Waals surface area contributed by atoms with E-state index < -0.39 is 0 Å². The molecule has 3 aromatic rings. The third-order valence-corrected chi connectivity index (χ3v) is 8.68. The monoisotopic (exact) mass is 504 g/mol. The highest BCUT2D eigenvalue weighted by molar-refractivity contribution is 5.87. The van der Waals surface area contributed by atoms with Crippen molar-refractivity contribution in [2.75, 3.05) is 38.0 Å². The fourth-order valence-corrected chi connectivity index (χ4v) is 6.06. The highest BCUT2D eigenvalue weighted by Crippen LogP contribution is 2.39. The first kappa shape index (κ1) is 26.0. The zero-order valence-corrected chi connectivity index (χ0v) is 24.8. The average molecular weight is 505 g/mol. The van der Waals surface area contributed by atoms with Crippen LogP contribution in [-0.2, 0) is 0 Å². The lowest BCUT2D eigenvalue weighted by Crippen LogP contribution is -2.46. The van der Waals surface area contributed by atoms with Crippen molar-refractivity contribution in [1.82, 2.24) is 4.58 Å². The van der Waals surface area contributed by atoms with Crippen molar-refractivity contribution in [2.24, 2.45) is 0 Å².